The second kappa shape index (κ2) is 9.92. The molecule has 0 amide bonds. The van der Waals surface area contributed by atoms with Crippen molar-refractivity contribution in [3.05, 3.63) is 35.1 Å². The normalized spacial score (nSPS) is 16.8. The monoisotopic (exact) mass is 458 g/mol. The van der Waals surface area contributed by atoms with E-state index in [0.717, 1.165) is 24.9 Å². The molecule has 2 atom stereocenters. The minimum absolute atomic E-state index is 0.164. The van der Waals surface area contributed by atoms with Gasteiger partial charge in [0.25, 0.3) is 0 Å². The fraction of sp³-hybridized carbons (Fsp3) is 0.522. The van der Waals surface area contributed by atoms with Gasteiger partial charge in [-0.25, -0.2) is 4.98 Å². The first kappa shape index (κ1) is 22.6. The van der Waals surface area contributed by atoms with Crippen molar-refractivity contribution in [1.82, 2.24) is 19.5 Å². The molecule has 0 aliphatic heterocycles. The molecule has 1 fully saturated rings. The highest BCUT2D eigenvalue weighted by molar-refractivity contribution is 6.30. The molecule has 8 nitrogen and oxygen atoms in total. The van der Waals surface area contributed by atoms with Crippen LogP contribution >= 0.6 is 11.6 Å². The van der Waals surface area contributed by atoms with Crippen LogP contribution in [0.1, 0.15) is 64.0 Å². The number of aromatic hydroxyl groups is 1. The molecule has 1 saturated carbocycles. The van der Waals surface area contributed by atoms with Crippen LogP contribution < -0.4 is 10.6 Å². The maximum Gasteiger partial charge on any atom is 0.227 e. The minimum Gasteiger partial charge on any atom is -0.508 e. The smallest absolute Gasteiger partial charge is 0.227 e. The van der Waals surface area contributed by atoms with E-state index in [9.17, 15) is 10.2 Å². The molecule has 0 bridgehead atoms. The number of nitrogens with zero attached hydrogens (tertiary/aromatic N) is 4. The van der Waals surface area contributed by atoms with Gasteiger partial charge in [-0.1, -0.05) is 37.8 Å². The lowest BCUT2D eigenvalue weighted by Gasteiger charge is -2.24. The second-order valence-electron chi connectivity index (χ2n) is 8.54. The summed E-state index contributed by atoms with van der Waals surface area (Å²) in [5, 5.41) is 27.4. The van der Waals surface area contributed by atoms with E-state index in [1.807, 2.05) is 13.3 Å². The number of anilines is 2. The molecule has 32 heavy (non-hydrogen) atoms. The number of halogens is 1. The Morgan fingerprint density at radius 2 is 2.00 bits per heavy atom. The molecular weight excluding hydrogens is 428 g/mol. The Hall–Kier alpha value is -2.58. The topological polar surface area (TPSA) is 108 Å². The van der Waals surface area contributed by atoms with Crippen LogP contribution in [-0.4, -0.2) is 41.9 Å². The third-order valence-electron chi connectivity index (χ3n) is 6.21. The summed E-state index contributed by atoms with van der Waals surface area (Å²) in [5.41, 5.74) is 2.13. The number of phenols is 1. The number of imidazole rings is 1. The van der Waals surface area contributed by atoms with Crippen LogP contribution in [0.15, 0.2) is 24.5 Å². The van der Waals surface area contributed by atoms with Gasteiger partial charge in [0.15, 0.2) is 17.0 Å². The number of hydrogen-bond donors (Lipinski definition) is 4. The third kappa shape index (κ3) is 4.91. The molecule has 1 aliphatic carbocycles. The molecule has 2 unspecified atom stereocenters. The van der Waals surface area contributed by atoms with Crippen LogP contribution in [0.25, 0.3) is 11.2 Å². The molecule has 4 rings (SSSR count). The molecule has 4 N–H and O–H groups in total. The van der Waals surface area contributed by atoms with Gasteiger partial charge >= 0.3 is 0 Å². The number of benzene rings is 1. The Kier molecular flexibility index (Phi) is 7.01. The maximum atomic E-state index is 10.2. The Labute approximate surface area is 193 Å². The SMILES string of the molecule is CCC(Nc1nc(NCc2cc(Cl)ccc2O)c2ncn(C3CCCCC3)c2n1)C(C)O. The van der Waals surface area contributed by atoms with Crippen LogP contribution in [0.2, 0.25) is 5.02 Å². The zero-order valence-electron chi connectivity index (χ0n) is 18.6. The molecule has 3 aromatic rings. The van der Waals surface area contributed by atoms with Gasteiger partial charge in [0, 0.05) is 23.2 Å². The van der Waals surface area contributed by atoms with Crippen molar-refractivity contribution in [2.24, 2.45) is 0 Å². The molecule has 1 aliphatic rings. The number of fused-ring (bicyclic) bond motifs is 1. The summed E-state index contributed by atoms with van der Waals surface area (Å²) < 4.78 is 2.16. The van der Waals surface area contributed by atoms with Crippen molar-refractivity contribution in [1.29, 1.82) is 0 Å². The molecule has 1 aromatic carbocycles. The molecule has 172 valence electrons. The van der Waals surface area contributed by atoms with Gasteiger partial charge < -0.3 is 25.4 Å². The summed E-state index contributed by atoms with van der Waals surface area (Å²) in [7, 11) is 0. The number of rotatable bonds is 8. The van der Waals surface area contributed by atoms with E-state index in [0.29, 0.717) is 40.5 Å². The van der Waals surface area contributed by atoms with Crippen molar-refractivity contribution >= 4 is 34.5 Å². The Morgan fingerprint density at radius 3 is 2.72 bits per heavy atom. The van der Waals surface area contributed by atoms with Gasteiger partial charge in [0.1, 0.15) is 5.75 Å². The predicted octanol–water partition coefficient (Wildman–Crippen LogP) is 4.87. The molecule has 9 heteroatoms. The zero-order valence-corrected chi connectivity index (χ0v) is 19.3. The zero-order chi connectivity index (χ0) is 22.7. The van der Waals surface area contributed by atoms with Gasteiger partial charge in [0.05, 0.1) is 18.5 Å². The van der Waals surface area contributed by atoms with Gasteiger partial charge in [-0.05, 0) is 44.4 Å². The average Bonchev–Trinajstić information content (AvgIpc) is 3.22. The number of nitrogens with one attached hydrogen (secondary N) is 2. The van der Waals surface area contributed by atoms with Crippen molar-refractivity contribution < 1.29 is 10.2 Å². The fourth-order valence-electron chi connectivity index (χ4n) is 4.33. The van der Waals surface area contributed by atoms with Crippen LogP contribution in [0.5, 0.6) is 5.75 Å². The van der Waals surface area contributed by atoms with E-state index in [2.05, 4.69) is 25.2 Å². The average molecular weight is 459 g/mol. The first-order valence-electron chi connectivity index (χ1n) is 11.4. The first-order chi connectivity index (χ1) is 15.5. The largest absolute Gasteiger partial charge is 0.508 e. The number of aliphatic hydroxyl groups excluding tert-OH is 1. The summed E-state index contributed by atoms with van der Waals surface area (Å²) in [6.07, 6.45) is 7.97. The Bertz CT molecular complexity index is 1060. The van der Waals surface area contributed by atoms with Crippen molar-refractivity contribution in [2.45, 2.75) is 77.1 Å². The lowest BCUT2D eigenvalue weighted by Crippen LogP contribution is -2.31. The highest BCUT2D eigenvalue weighted by atomic mass is 35.5. The first-order valence-corrected chi connectivity index (χ1v) is 11.7. The minimum atomic E-state index is -0.539. The van der Waals surface area contributed by atoms with E-state index in [1.54, 1.807) is 25.1 Å². The van der Waals surface area contributed by atoms with E-state index in [-0.39, 0.29) is 11.8 Å². The van der Waals surface area contributed by atoms with Crippen molar-refractivity contribution in [3.63, 3.8) is 0 Å². The number of aliphatic hydroxyl groups is 1. The van der Waals surface area contributed by atoms with Crippen molar-refractivity contribution in [2.75, 3.05) is 10.6 Å². The quantitative estimate of drug-likeness (QED) is 0.381. The van der Waals surface area contributed by atoms with E-state index < -0.39 is 6.10 Å². The van der Waals surface area contributed by atoms with E-state index in [1.165, 1.54) is 19.3 Å². The Morgan fingerprint density at radius 1 is 1.22 bits per heavy atom. The Balaban J connectivity index is 1.70. The molecule has 2 aromatic heterocycles. The lowest BCUT2D eigenvalue weighted by atomic mass is 9.95. The van der Waals surface area contributed by atoms with E-state index in [4.69, 9.17) is 16.6 Å². The number of aromatic nitrogens is 4. The van der Waals surface area contributed by atoms with Crippen molar-refractivity contribution in [3.8, 4) is 5.75 Å². The highest BCUT2D eigenvalue weighted by Crippen LogP contribution is 2.32. The van der Waals surface area contributed by atoms with E-state index >= 15 is 0 Å². The van der Waals surface area contributed by atoms with Crippen LogP contribution in [0.3, 0.4) is 0 Å². The second-order valence-corrected chi connectivity index (χ2v) is 8.97. The summed E-state index contributed by atoms with van der Waals surface area (Å²) in [5.74, 6) is 1.19. The van der Waals surface area contributed by atoms with Crippen LogP contribution in [0, 0.1) is 0 Å². The third-order valence-corrected chi connectivity index (χ3v) is 6.45. The molecule has 2 heterocycles. The fourth-order valence-corrected chi connectivity index (χ4v) is 4.53. The van der Waals surface area contributed by atoms with Gasteiger partial charge in [-0.15, -0.1) is 0 Å². The van der Waals surface area contributed by atoms with Crippen LogP contribution in [-0.2, 0) is 6.54 Å². The lowest BCUT2D eigenvalue weighted by molar-refractivity contribution is 0.169. The summed E-state index contributed by atoms with van der Waals surface area (Å²) in [6.45, 7) is 4.10. The standard InChI is InChI=1S/C23H31ClN6O2/c1-3-18(14(2)31)27-23-28-21(25-12-15-11-16(24)9-10-19(15)32)20-22(29-23)30(13-26-20)17-7-5-4-6-8-17/h9-11,13-14,17-18,31-32H,3-8,12H2,1-2H3,(H2,25,27,28,29). The van der Waals surface area contributed by atoms with Gasteiger partial charge in [-0.2, -0.15) is 9.97 Å². The number of phenolic OH excluding ortho intramolecular Hbond substituents is 1. The molecule has 0 spiro atoms. The highest BCUT2D eigenvalue weighted by Gasteiger charge is 2.22. The summed E-state index contributed by atoms with van der Waals surface area (Å²) in [6, 6.07) is 5.16. The van der Waals surface area contributed by atoms with Gasteiger partial charge in [0.2, 0.25) is 5.95 Å². The summed E-state index contributed by atoms with van der Waals surface area (Å²) in [4.78, 5) is 14.1. The molecule has 0 saturated heterocycles. The molecule has 0 radical (unpaired) electrons. The summed E-state index contributed by atoms with van der Waals surface area (Å²) >= 11 is 6.10. The van der Waals surface area contributed by atoms with Crippen LogP contribution in [0.4, 0.5) is 11.8 Å². The molecular formula is C23H31ClN6O2. The number of hydrogen-bond acceptors (Lipinski definition) is 7. The predicted molar refractivity (Wildman–Crippen MR) is 127 cm³/mol. The maximum absolute atomic E-state index is 10.2. The van der Waals surface area contributed by atoms with Gasteiger partial charge in [-0.3, -0.25) is 0 Å².